The van der Waals surface area contributed by atoms with E-state index in [1.54, 1.807) is 0 Å². The molecule has 0 bridgehead atoms. The molecular weight excluding hydrogens is 380 g/mol. The Morgan fingerprint density at radius 2 is 1.48 bits per heavy atom. The summed E-state index contributed by atoms with van der Waals surface area (Å²) in [5.41, 5.74) is 6.54. The van der Waals surface area contributed by atoms with Gasteiger partial charge in [-0.2, -0.15) is 0 Å². The molecule has 0 unspecified atom stereocenters. The molecule has 0 aliphatic rings. The van der Waals surface area contributed by atoms with Gasteiger partial charge in [0.15, 0.2) is 5.43 Å². The number of nitrogens with zero attached hydrogens (tertiary/aromatic N) is 1. The molecule has 148 valence electrons. The topological polar surface area (TPSA) is 45.8 Å². The molecule has 0 fully saturated rings. The number of nitrogens with one attached hydrogen (secondary N) is 1. The summed E-state index contributed by atoms with van der Waals surface area (Å²) in [5.74, 6) is 0. The molecule has 6 rings (SSSR count). The highest BCUT2D eigenvalue weighted by Crippen LogP contribution is 2.37. The van der Waals surface area contributed by atoms with Crippen LogP contribution in [0.25, 0.3) is 54.7 Å². The number of H-pyrrole nitrogens is 1. The van der Waals surface area contributed by atoms with Gasteiger partial charge in [-0.3, -0.25) is 4.79 Å². The van der Waals surface area contributed by atoms with Gasteiger partial charge in [0.1, 0.15) is 5.65 Å². The molecule has 4 aromatic carbocycles. The van der Waals surface area contributed by atoms with Crippen LogP contribution in [0.3, 0.4) is 0 Å². The predicted octanol–water partition coefficient (Wildman–Crippen LogP) is 6.67. The Morgan fingerprint density at radius 1 is 0.742 bits per heavy atom. The van der Waals surface area contributed by atoms with Crippen LogP contribution in [0.15, 0.2) is 83.7 Å². The monoisotopic (exact) mass is 400 g/mol. The van der Waals surface area contributed by atoms with Gasteiger partial charge in [-0.1, -0.05) is 65.7 Å². The Morgan fingerprint density at radius 3 is 2.35 bits per heavy atom. The third-order valence-electron chi connectivity index (χ3n) is 6.10. The minimum Gasteiger partial charge on any atom is -0.339 e. The molecular formula is C28H20N2O. The van der Waals surface area contributed by atoms with Crippen LogP contribution in [0.5, 0.6) is 0 Å². The first-order chi connectivity index (χ1) is 15.1. The second kappa shape index (κ2) is 6.51. The summed E-state index contributed by atoms with van der Waals surface area (Å²) in [6, 6.07) is 26.8. The Bertz CT molecular complexity index is 1720. The van der Waals surface area contributed by atoms with Crippen molar-refractivity contribution < 1.29 is 0 Å². The Hall–Kier alpha value is -3.98. The van der Waals surface area contributed by atoms with E-state index in [9.17, 15) is 4.79 Å². The number of aromatic nitrogens is 2. The van der Waals surface area contributed by atoms with Gasteiger partial charge in [0.05, 0.1) is 16.4 Å². The lowest BCUT2D eigenvalue weighted by Gasteiger charge is -2.14. The molecule has 0 saturated heterocycles. The molecule has 31 heavy (non-hydrogen) atoms. The first kappa shape index (κ1) is 17.8. The summed E-state index contributed by atoms with van der Waals surface area (Å²) in [4.78, 5) is 22.1. The van der Waals surface area contributed by atoms with Crippen LogP contribution in [-0.2, 0) is 0 Å². The number of aromatic amines is 1. The van der Waals surface area contributed by atoms with Crippen molar-refractivity contribution >= 4 is 43.6 Å². The van der Waals surface area contributed by atoms with Gasteiger partial charge in [-0.25, -0.2) is 4.98 Å². The van der Waals surface area contributed by atoms with E-state index in [1.165, 1.54) is 0 Å². The lowest BCUT2D eigenvalue weighted by molar-refractivity contribution is 1.35. The molecule has 0 amide bonds. The van der Waals surface area contributed by atoms with Crippen molar-refractivity contribution in [2.24, 2.45) is 0 Å². The van der Waals surface area contributed by atoms with Gasteiger partial charge in [0, 0.05) is 16.3 Å². The van der Waals surface area contributed by atoms with Gasteiger partial charge >= 0.3 is 0 Å². The van der Waals surface area contributed by atoms with Crippen LogP contribution in [-0.4, -0.2) is 9.97 Å². The SMILES string of the molecule is Cc1ccc2nc3[nH]c4ccc(C)cc4c(=O)c3c(-c3cccc4ccccc34)c2c1. The third-order valence-corrected chi connectivity index (χ3v) is 6.10. The Labute approximate surface area is 179 Å². The van der Waals surface area contributed by atoms with Crippen LogP contribution in [0.2, 0.25) is 0 Å². The standard InChI is InChI=1S/C28H20N2O/c1-16-10-12-23-21(14-16)25(20-9-5-7-18-6-3-4-8-19(18)20)26-27(31)22-15-17(2)11-13-24(22)30-28(26)29-23/h3-15H,1-2H3,(H,29,30,31). The fourth-order valence-corrected chi connectivity index (χ4v) is 4.63. The van der Waals surface area contributed by atoms with Crippen LogP contribution in [0.1, 0.15) is 11.1 Å². The van der Waals surface area contributed by atoms with E-state index in [2.05, 4.69) is 54.4 Å². The molecule has 2 aromatic heterocycles. The minimum atomic E-state index is 0.0197. The van der Waals surface area contributed by atoms with E-state index in [-0.39, 0.29) is 5.43 Å². The van der Waals surface area contributed by atoms with Gasteiger partial charge in [-0.05, 0) is 54.4 Å². The molecule has 3 heteroatoms. The van der Waals surface area contributed by atoms with Crippen LogP contribution >= 0.6 is 0 Å². The van der Waals surface area contributed by atoms with Gasteiger partial charge in [0.2, 0.25) is 0 Å². The van der Waals surface area contributed by atoms with Crippen molar-refractivity contribution in [1.29, 1.82) is 0 Å². The van der Waals surface area contributed by atoms with Gasteiger partial charge < -0.3 is 4.98 Å². The molecule has 0 aliphatic carbocycles. The number of fused-ring (bicyclic) bond motifs is 4. The van der Waals surface area contributed by atoms with Crippen LogP contribution in [0.4, 0.5) is 0 Å². The van der Waals surface area contributed by atoms with E-state index in [4.69, 9.17) is 4.98 Å². The normalized spacial score (nSPS) is 11.7. The van der Waals surface area contributed by atoms with Crippen molar-refractivity contribution in [2.75, 3.05) is 0 Å². The molecule has 0 aliphatic heterocycles. The van der Waals surface area contributed by atoms with Crippen molar-refractivity contribution in [1.82, 2.24) is 9.97 Å². The Kier molecular flexibility index (Phi) is 3.75. The number of hydrogen-bond acceptors (Lipinski definition) is 2. The second-order valence-electron chi connectivity index (χ2n) is 8.26. The molecule has 6 aromatic rings. The predicted molar refractivity (Wildman–Crippen MR) is 130 cm³/mol. The van der Waals surface area contributed by atoms with E-state index < -0.39 is 0 Å². The second-order valence-corrected chi connectivity index (χ2v) is 8.26. The summed E-state index contributed by atoms with van der Waals surface area (Å²) in [6.45, 7) is 4.08. The number of aryl methyl sites for hydroxylation is 2. The first-order valence-corrected chi connectivity index (χ1v) is 10.4. The number of hydrogen-bond donors (Lipinski definition) is 1. The zero-order valence-corrected chi connectivity index (χ0v) is 17.4. The zero-order valence-electron chi connectivity index (χ0n) is 17.4. The minimum absolute atomic E-state index is 0.0197. The molecule has 0 radical (unpaired) electrons. The molecule has 3 nitrogen and oxygen atoms in total. The Balaban J connectivity index is 1.92. The van der Waals surface area contributed by atoms with Crippen molar-refractivity contribution in [3.63, 3.8) is 0 Å². The van der Waals surface area contributed by atoms with Gasteiger partial charge in [0.25, 0.3) is 0 Å². The third kappa shape index (κ3) is 2.67. The number of pyridine rings is 2. The van der Waals surface area contributed by atoms with Crippen molar-refractivity contribution in [2.45, 2.75) is 13.8 Å². The molecule has 1 N–H and O–H groups in total. The average Bonchev–Trinajstić information content (AvgIpc) is 2.78. The van der Waals surface area contributed by atoms with Crippen LogP contribution in [0, 0.1) is 13.8 Å². The number of benzene rings is 4. The van der Waals surface area contributed by atoms with E-state index >= 15 is 0 Å². The zero-order chi connectivity index (χ0) is 21.1. The summed E-state index contributed by atoms with van der Waals surface area (Å²) in [7, 11) is 0. The first-order valence-electron chi connectivity index (χ1n) is 10.4. The molecule has 0 saturated carbocycles. The highest BCUT2D eigenvalue weighted by molar-refractivity contribution is 6.15. The summed E-state index contributed by atoms with van der Waals surface area (Å²) in [5, 5.41) is 4.62. The van der Waals surface area contributed by atoms with Crippen LogP contribution < -0.4 is 5.43 Å². The maximum absolute atomic E-state index is 13.8. The fourth-order valence-electron chi connectivity index (χ4n) is 4.63. The summed E-state index contributed by atoms with van der Waals surface area (Å²) in [6.07, 6.45) is 0. The summed E-state index contributed by atoms with van der Waals surface area (Å²) >= 11 is 0. The smallest absolute Gasteiger partial charge is 0.199 e. The van der Waals surface area contributed by atoms with E-state index in [1.807, 2.05) is 43.3 Å². The molecule has 2 heterocycles. The highest BCUT2D eigenvalue weighted by atomic mass is 16.1. The summed E-state index contributed by atoms with van der Waals surface area (Å²) < 4.78 is 0. The lowest BCUT2D eigenvalue weighted by Crippen LogP contribution is -2.08. The van der Waals surface area contributed by atoms with E-state index in [0.717, 1.165) is 49.4 Å². The quantitative estimate of drug-likeness (QED) is 0.313. The van der Waals surface area contributed by atoms with Crippen molar-refractivity contribution in [3.05, 3.63) is 100 Å². The number of rotatable bonds is 1. The largest absolute Gasteiger partial charge is 0.339 e. The maximum Gasteiger partial charge on any atom is 0.199 e. The lowest BCUT2D eigenvalue weighted by atomic mass is 9.92. The van der Waals surface area contributed by atoms with Gasteiger partial charge in [-0.15, -0.1) is 0 Å². The molecule has 0 atom stereocenters. The van der Waals surface area contributed by atoms with Crippen molar-refractivity contribution in [3.8, 4) is 11.1 Å². The average molecular weight is 400 g/mol. The van der Waals surface area contributed by atoms with E-state index in [0.29, 0.717) is 16.4 Å². The molecule has 0 spiro atoms. The highest BCUT2D eigenvalue weighted by Gasteiger charge is 2.18. The fraction of sp³-hybridized carbons (Fsp3) is 0.0714. The maximum atomic E-state index is 13.8.